The van der Waals surface area contributed by atoms with Crippen molar-refractivity contribution in [3.05, 3.63) is 42.5 Å². The Morgan fingerprint density at radius 3 is 2.48 bits per heavy atom. The number of anilines is 2. The Labute approximate surface area is 147 Å². The van der Waals surface area contributed by atoms with Gasteiger partial charge < -0.3 is 13.9 Å². The molecule has 0 unspecified atom stereocenters. The second-order valence-corrected chi connectivity index (χ2v) is 6.15. The van der Waals surface area contributed by atoms with Gasteiger partial charge in [-0.2, -0.15) is 0 Å². The minimum Gasteiger partial charge on any atom is -0.497 e. The molecule has 0 aliphatic rings. The van der Waals surface area contributed by atoms with E-state index < -0.39 is 0 Å². The number of hydrogen-bond acceptors (Lipinski definition) is 8. The summed E-state index contributed by atoms with van der Waals surface area (Å²) >= 11 is 1.49. The van der Waals surface area contributed by atoms with Gasteiger partial charge in [0.2, 0.25) is 5.89 Å². The van der Waals surface area contributed by atoms with Crippen LogP contribution in [0.15, 0.2) is 46.9 Å². The van der Waals surface area contributed by atoms with Crippen molar-refractivity contribution in [2.75, 3.05) is 19.5 Å². The Hall–Kier alpha value is -3.13. The molecule has 0 radical (unpaired) electrons. The molecule has 0 aliphatic carbocycles. The fourth-order valence-corrected chi connectivity index (χ4v) is 3.18. The van der Waals surface area contributed by atoms with E-state index in [1.807, 2.05) is 42.5 Å². The van der Waals surface area contributed by atoms with E-state index in [0.29, 0.717) is 11.0 Å². The number of thiazole rings is 1. The lowest BCUT2D eigenvalue weighted by atomic mass is 10.2. The predicted octanol–water partition coefficient (Wildman–Crippen LogP) is 4.11. The quantitative estimate of drug-likeness (QED) is 0.577. The lowest BCUT2D eigenvalue weighted by molar-refractivity contribution is 0.415. The number of rotatable bonds is 5. The second kappa shape index (κ2) is 6.40. The van der Waals surface area contributed by atoms with Crippen LogP contribution in [0.4, 0.5) is 11.1 Å². The Kier molecular flexibility index (Phi) is 3.95. The first-order chi connectivity index (χ1) is 12.2. The molecule has 0 amide bonds. The highest BCUT2D eigenvalue weighted by molar-refractivity contribution is 7.22. The van der Waals surface area contributed by atoms with Gasteiger partial charge in [0.15, 0.2) is 5.13 Å². The number of nitrogens with one attached hydrogen (secondary N) is 1. The van der Waals surface area contributed by atoms with Gasteiger partial charge >= 0.3 is 6.01 Å². The van der Waals surface area contributed by atoms with Crippen LogP contribution >= 0.6 is 11.3 Å². The van der Waals surface area contributed by atoms with E-state index in [2.05, 4.69) is 20.5 Å². The highest BCUT2D eigenvalue weighted by Crippen LogP contribution is 2.31. The number of ether oxygens (including phenoxy) is 2. The summed E-state index contributed by atoms with van der Waals surface area (Å²) in [5.41, 5.74) is 1.69. The number of hydrogen-bond donors (Lipinski definition) is 1. The molecule has 0 fully saturated rings. The molecule has 1 N–H and O–H groups in total. The van der Waals surface area contributed by atoms with Gasteiger partial charge in [-0.1, -0.05) is 16.4 Å². The number of methoxy groups -OCH3 is 2. The molecule has 0 bridgehead atoms. The smallest absolute Gasteiger partial charge is 0.322 e. The standard InChI is InChI=1S/C17H14N4O3S/c1-22-11-5-3-10(4-6-11)15-20-21-16(24-15)19-17-18-13-8-7-12(23-2)9-14(13)25-17/h3-9H,1-2H3,(H,18,19,21). The lowest BCUT2D eigenvalue weighted by Gasteiger charge is -1.99. The Morgan fingerprint density at radius 1 is 0.960 bits per heavy atom. The van der Waals surface area contributed by atoms with E-state index in [0.717, 1.165) is 27.3 Å². The van der Waals surface area contributed by atoms with E-state index in [9.17, 15) is 0 Å². The third kappa shape index (κ3) is 3.11. The molecule has 2 aromatic heterocycles. The van der Waals surface area contributed by atoms with Gasteiger partial charge in [0.1, 0.15) is 11.5 Å². The third-order valence-electron chi connectivity index (χ3n) is 3.57. The number of fused-ring (bicyclic) bond motifs is 1. The third-order valence-corrected chi connectivity index (χ3v) is 4.51. The van der Waals surface area contributed by atoms with Gasteiger partial charge in [0.25, 0.3) is 0 Å². The van der Waals surface area contributed by atoms with Crippen molar-refractivity contribution < 1.29 is 13.9 Å². The highest BCUT2D eigenvalue weighted by atomic mass is 32.1. The normalized spacial score (nSPS) is 10.8. The molecule has 0 saturated heterocycles. The molecule has 4 aromatic rings. The summed E-state index contributed by atoms with van der Waals surface area (Å²) in [6.07, 6.45) is 0. The van der Waals surface area contributed by atoms with Crippen LogP contribution in [-0.2, 0) is 0 Å². The van der Waals surface area contributed by atoms with Gasteiger partial charge in [-0.3, -0.25) is 5.32 Å². The summed E-state index contributed by atoms with van der Waals surface area (Å²) in [7, 11) is 3.26. The largest absolute Gasteiger partial charge is 0.497 e. The van der Waals surface area contributed by atoms with Crippen molar-refractivity contribution in [2.45, 2.75) is 0 Å². The topological polar surface area (TPSA) is 82.3 Å². The number of benzene rings is 2. The van der Waals surface area contributed by atoms with Crippen LogP contribution in [0.2, 0.25) is 0 Å². The van der Waals surface area contributed by atoms with E-state index in [1.165, 1.54) is 11.3 Å². The summed E-state index contributed by atoms with van der Waals surface area (Å²) in [5.74, 6) is 1.99. The summed E-state index contributed by atoms with van der Waals surface area (Å²) in [5, 5.41) is 11.8. The molecule has 2 aromatic carbocycles. The van der Waals surface area contributed by atoms with E-state index in [1.54, 1.807) is 14.2 Å². The molecule has 25 heavy (non-hydrogen) atoms. The monoisotopic (exact) mass is 354 g/mol. The molecule has 4 rings (SSSR count). The maximum atomic E-state index is 5.66. The molecule has 0 atom stereocenters. The first-order valence-corrected chi connectivity index (χ1v) is 8.26. The minimum atomic E-state index is 0.289. The van der Waals surface area contributed by atoms with E-state index >= 15 is 0 Å². The summed E-state index contributed by atoms with van der Waals surface area (Å²) in [6, 6.07) is 13.4. The van der Waals surface area contributed by atoms with Gasteiger partial charge in [-0.05, 0) is 42.5 Å². The van der Waals surface area contributed by atoms with Crippen LogP contribution in [0.5, 0.6) is 11.5 Å². The van der Waals surface area contributed by atoms with Crippen molar-refractivity contribution in [3.8, 4) is 23.0 Å². The molecule has 2 heterocycles. The van der Waals surface area contributed by atoms with Gasteiger partial charge in [-0.25, -0.2) is 4.98 Å². The molecule has 0 spiro atoms. The highest BCUT2D eigenvalue weighted by Gasteiger charge is 2.11. The summed E-state index contributed by atoms with van der Waals surface area (Å²) in [6.45, 7) is 0. The van der Waals surface area contributed by atoms with Crippen LogP contribution in [-0.4, -0.2) is 29.4 Å². The van der Waals surface area contributed by atoms with Gasteiger partial charge in [0, 0.05) is 5.56 Å². The first-order valence-electron chi connectivity index (χ1n) is 7.45. The van der Waals surface area contributed by atoms with Crippen molar-refractivity contribution in [1.29, 1.82) is 0 Å². The molecule has 8 heteroatoms. The fourth-order valence-electron chi connectivity index (χ4n) is 2.30. The zero-order chi connectivity index (χ0) is 17.2. The molecule has 0 saturated carbocycles. The van der Waals surface area contributed by atoms with Crippen molar-refractivity contribution in [3.63, 3.8) is 0 Å². The van der Waals surface area contributed by atoms with Gasteiger partial charge in [0.05, 0.1) is 24.4 Å². The minimum absolute atomic E-state index is 0.289. The molecule has 7 nitrogen and oxygen atoms in total. The van der Waals surface area contributed by atoms with Crippen LogP contribution in [0.3, 0.4) is 0 Å². The van der Waals surface area contributed by atoms with Crippen LogP contribution < -0.4 is 14.8 Å². The summed E-state index contributed by atoms with van der Waals surface area (Å²) < 4.78 is 17.0. The van der Waals surface area contributed by atoms with E-state index in [4.69, 9.17) is 13.9 Å². The fraction of sp³-hybridized carbons (Fsp3) is 0.118. The maximum Gasteiger partial charge on any atom is 0.322 e. The van der Waals surface area contributed by atoms with Crippen LogP contribution in [0, 0.1) is 0 Å². The average molecular weight is 354 g/mol. The molecular formula is C17H14N4O3S. The van der Waals surface area contributed by atoms with Crippen molar-refractivity contribution in [1.82, 2.24) is 15.2 Å². The van der Waals surface area contributed by atoms with E-state index in [-0.39, 0.29) is 6.01 Å². The molecular weight excluding hydrogens is 340 g/mol. The summed E-state index contributed by atoms with van der Waals surface area (Å²) in [4.78, 5) is 4.50. The first kappa shape index (κ1) is 15.4. The Balaban J connectivity index is 1.56. The lowest BCUT2D eigenvalue weighted by Crippen LogP contribution is -1.88. The van der Waals surface area contributed by atoms with Crippen LogP contribution in [0.1, 0.15) is 0 Å². The Bertz CT molecular complexity index is 1010. The van der Waals surface area contributed by atoms with Crippen molar-refractivity contribution in [2.24, 2.45) is 0 Å². The van der Waals surface area contributed by atoms with Gasteiger partial charge in [-0.15, -0.1) is 5.10 Å². The molecule has 0 aliphatic heterocycles. The van der Waals surface area contributed by atoms with Crippen molar-refractivity contribution >= 4 is 32.7 Å². The predicted molar refractivity (Wildman–Crippen MR) is 95.7 cm³/mol. The number of nitrogens with zero attached hydrogens (tertiary/aromatic N) is 3. The Morgan fingerprint density at radius 2 is 1.72 bits per heavy atom. The van der Waals surface area contributed by atoms with Crippen LogP contribution in [0.25, 0.3) is 21.7 Å². The average Bonchev–Trinajstić information content (AvgIpc) is 3.27. The number of aromatic nitrogens is 3. The zero-order valence-electron chi connectivity index (χ0n) is 13.5. The molecule has 126 valence electrons. The second-order valence-electron chi connectivity index (χ2n) is 5.12. The maximum absolute atomic E-state index is 5.66. The zero-order valence-corrected chi connectivity index (χ0v) is 14.3. The SMILES string of the molecule is COc1ccc(-c2nnc(Nc3nc4ccc(OC)cc4s3)o2)cc1.